The summed E-state index contributed by atoms with van der Waals surface area (Å²) < 4.78 is 13.5. The molecule has 0 bridgehead atoms. The van der Waals surface area contributed by atoms with Crippen LogP contribution in [0.5, 0.6) is 0 Å². The molecule has 2 aliphatic rings. The Morgan fingerprint density at radius 3 is 2.94 bits per heavy atom. The summed E-state index contributed by atoms with van der Waals surface area (Å²) in [5.41, 5.74) is 3.10. The summed E-state index contributed by atoms with van der Waals surface area (Å²) in [6.45, 7) is 3.82. The van der Waals surface area contributed by atoms with Crippen molar-refractivity contribution in [1.82, 2.24) is 19.8 Å². The van der Waals surface area contributed by atoms with Crippen LogP contribution in [0.1, 0.15) is 42.3 Å². The molecule has 1 amide bonds. The van der Waals surface area contributed by atoms with Gasteiger partial charge in [-0.25, -0.2) is 14.4 Å². The molecular weight excluding hydrogens is 407 g/mol. The first-order valence-corrected chi connectivity index (χ1v) is 11.4. The minimum absolute atomic E-state index is 0.129. The number of fused-ring (bicyclic) bond motifs is 1. The van der Waals surface area contributed by atoms with Gasteiger partial charge in [-0.2, -0.15) is 0 Å². The van der Waals surface area contributed by atoms with Crippen molar-refractivity contribution in [2.45, 2.75) is 38.1 Å². The molecule has 3 heterocycles. The number of piperidine rings is 1. The number of aromatic nitrogens is 2. The highest BCUT2D eigenvalue weighted by molar-refractivity contribution is 5.77. The van der Waals surface area contributed by atoms with Crippen LogP contribution in [-0.2, 0) is 17.8 Å². The zero-order chi connectivity index (χ0) is 22.7. The van der Waals surface area contributed by atoms with Gasteiger partial charge in [0.25, 0.3) is 0 Å². The fraction of sp³-hybridized carbons (Fsp3) is 0.542. The molecule has 7 nitrogen and oxygen atoms in total. The predicted molar refractivity (Wildman–Crippen MR) is 124 cm³/mol. The number of carbonyl (C=O) groups excluding carboxylic acids is 1. The van der Waals surface area contributed by atoms with Crippen LogP contribution in [0.25, 0.3) is 0 Å². The van der Waals surface area contributed by atoms with Crippen molar-refractivity contribution in [3.63, 3.8) is 0 Å². The highest BCUT2D eigenvalue weighted by atomic mass is 19.1. The number of halogens is 1. The van der Waals surface area contributed by atoms with Gasteiger partial charge in [-0.15, -0.1) is 0 Å². The Bertz CT molecular complexity index is 968. The first kappa shape index (κ1) is 22.5. The lowest BCUT2D eigenvalue weighted by molar-refractivity contribution is -0.132. The summed E-state index contributed by atoms with van der Waals surface area (Å²) in [5.74, 6) is 1.79. The lowest BCUT2D eigenvalue weighted by atomic mass is 9.96. The standard InChI is InChI=1S/C24H33FN6O/c1-26-24-20-9-12-29(2)16-21(20)27-23(28-24)17-6-5-11-31(15-17)22(32)10-13-30(3)19-8-4-7-18(25)14-19/h4,7-8,14,17H,5-6,9-13,15-16H2,1-3H3,(H,26,27,28)/t17-/m1/s1. The fourth-order valence-corrected chi connectivity index (χ4v) is 4.65. The van der Waals surface area contributed by atoms with Crippen LogP contribution < -0.4 is 10.2 Å². The molecule has 0 spiro atoms. The number of hydrogen-bond donors (Lipinski definition) is 1. The lowest BCUT2D eigenvalue weighted by Gasteiger charge is -2.33. The van der Waals surface area contributed by atoms with E-state index in [1.54, 1.807) is 6.07 Å². The Morgan fingerprint density at radius 2 is 2.16 bits per heavy atom. The summed E-state index contributed by atoms with van der Waals surface area (Å²) in [5, 5.41) is 3.25. The van der Waals surface area contributed by atoms with Gasteiger partial charge in [-0.05, 0) is 44.5 Å². The quantitative estimate of drug-likeness (QED) is 0.745. The van der Waals surface area contributed by atoms with Crippen LogP contribution in [0.15, 0.2) is 24.3 Å². The number of carbonyl (C=O) groups is 1. The Balaban J connectivity index is 1.41. The van der Waals surface area contributed by atoms with Crippen molar-refractivity contribution >= 4 is 17.4 Å². The normalized spacial score (nSPS) is 18.9. The molecule has 0 radical (unpaired) electrons. The zero-order valence-corrected chi connectivity index (χ0v) is 19.3. The Kier molecular flexibility index (Phi) is 6.89. The van der Waals surface area contributed by atoms with E-state index in [-0.39, 0.29) is 17.6 Å². The van der Waals surface area contributed by atoms with E-state index in [9.17, 15) is 9.18 Å². The summed E-state index contributed by atoms with van der Waals surface area (Å²) in [7, 11) is 5.92. The van der Waals surface area contributed by atoms with Gasteiger partial charge < -0.3 is 20.0 Å². The van der Waals surface area contributed by atoms with E-state index in [1.807, 2.05) is 30.0 Å². The molecule has 8 heteroatoms. The maximum Gasteiger partial charge on any atom is 0.224 e. The number of amides is 1. The molecule has 32 heavy (non-hydrogen) atoms. The van der Waals surface area contributed by atoms with Gasteiger partial charge in [0.05, 0.1) is 5.69 Å². The summed E-state index contributed by atoms with van der Waals surface area (Å²) in [4.78, 5) is 28.9. The van der Waals surface area contributed by atoms with Crippen LogP contribution in [0.3, 0.4) is 0 Å². The third kappa shape index (κ3) is 5.01. The second kappa shape index (κ2) is 9.81. The highest BCUT2D eigenvalue weighted by Crippen LogP contribution is 2.29. The summed E-state index contributed by atoms with van der Waals surface area (Å²) in [6, 6.07) is 6.46. The number of likely N-dealkylation sites (tertiary alicyclic amines) is 1. The first-order chi connectivity index (χ1) is 15.4. The minimum atomic E-state index is -0.267. The Morgan fingerprint density at radius 1 is 1.31 bits per heavy atom. The molecule has 172 valence electrons. The number of nitrogens with zero attached hydrogens (tertiary/aromatic N) is 5. The van der Waals surface area contributed by atoms with Gasteiger partial charge in [0.15, 0.2) is 0 Å². The lowest BCUT2D eigenvalue weighted by Crippen LogP contribution is -2.41. The molecule has 4 rings (SSSR count). The van der Waals surface area contributed by atoms with E-state index in [0.717, 1.165) is 61.9 Å². The van der Waals surface area contributed by atoms with E-state index in [1.165, 1.54) is 17.7 Å². The molecule has 2 aromatic rings. The molecule has 1 atom stereocenters. The van der Waals surface area contributed by atoms with E-state index >= 15 is 0 Å². The maximum atomic E-state index is 13.5. The van der Waals surface area contributed by atoms with Crippen LogP contribution in [-0.4, -0.2) is 73.0 Å². The van der Waals surface area contributed by atoms with Crippen molar-refractivity contribution in [2.24, 2.45) is 0 Å². The Hall–Kier alpha value is -2.74. The summed E-state index contributed by atoms with van der Waals surface area (Å²) in [6.07, 6.45) is 3.30. The zero-order valence-electron chi connectivity index (χ0n) is 19.3. The molecule has 1 aromatic heterocycles. The smallest absolute Gasteiger partial charge is 0.224 e. The number of hydrogen-bond acceptors (Lipinski definition) is 6. The largest absolute Gasteiger partial charge is 0.374 e. The monoisotopic (exact) mass is 440 g/mol. The van der Waals surface area contributed by atoms with E-state index < -0.39 is 0 Å². The van der Waals surface area contributed by atoms with Crippen LogP contribution >= 0.6 is 0 Å². The van der Waals surface area contributed by atoms with Crippen molar-refractivity contribution < 1.29 is 9.18 Å². The average Bonchev–Trinajstić information content (AvgIpc) is 2.81. The molecule has 1 saturated heterocycles. The van der Waals surface area contributed by atoms with Gasteiger partial charge in [0.2, 0.25) is 5.91 Å². The first-order valence-electron chi connectivity index (χ1n) is 11.4. The molecule has 0 aliphatic carbocycles. The van der Waals surface area contributed by atoms with Crippen molar-refractivity contribution in [1.29, 1.82) is 0 Å². The molecule has 0 unspecified atom stereocenters. The van der Waals surface area contributed by atoms with Gasteiger partial charge in [-0.1, -0.05) is 6.07 Å². The number of nitrogens with one attached hydrogen (secondary N) is 1. The second-order valence-electron chi connectivity index (χ2n) is 8.92. The topological polar surface area (TPSA) is 64.6 Å². The van der Waals surface area contributed by atoms with Gasteiger partial charge in [-0.3, -0.25) is 4.79 Å². The highest BCUT2D eigenvalue weighted by Gasteiger charge is 2.29. The number of anilines is 2. The van der Waals surface area contributed by atoms with Gasteiger partial charge in [0, 0.05) is 70.4 Å². The predicted octanol–water partition coefficient (Wildman–Crippen LogP) is 2.88. The number of likely N-dealkylation sites (N-methyl/N-ethyl adjacent to an activating group) is 1. The van der Waals surface area contributed by atoms with E-state index in [0.29, 0.717) is 19.5 Å². The van der Waals surface area contributed by atoms with Crippen LogP contribution in [0, 0.1) is 5.82 Å². The van der Waals surface area contributed by atoms with E-state index in [2.05, 4.69) is 17.3 Å². The third-order valence-electron chi connectivity index (χ3n) is 6.56. The fourth-order valence-electron chi connectivity index (χ4n) is 4.65. The molecule has 2 aliphatic heterocycles. The molecule has 1 N–H and O–H groups in total. The van der Waals surface area contributed by atoms with Crippen molar-refractivity contribution in [2.75, 3.05) is 57.5 Å². The minimum Gasteiger partial charge on any atom is -0.374 e. The maximum absolute atomic E-state index is 13.5. The second-order valence-corrected chi connectivity index (χ2v) is 8.92. The average molecular weight is 441 g/mol. The van der Waals surface area contributed by atoms with E-state index in [4.69, 9.17) is 9.97 Å². The Labute approximate surface area is 189 Å². The van der Waals surface area contributed by atoms with Crippen molar-refractivity contribution in [3.8, 4) is 0 Å². The van der Waals surface area contributed by atoms with Crippen molar-refractivity contribution in [3.05, 3.63) is 47.2 Å². The number of benzene rings is 1. The molecular formula is C24H33FN6O. The van der Waals surface area contributed by atoms with Gasteiger partial charge >= 0.3 is 0 Å². The molecule has 0 saturated carbocycles. The van der Waals surface area contributed by atoms with Crippen LogP contribution in [0.4, 0.5) is 15.9 Å². The van der Waals surface area contributed by atoms with Crippen LogP contribution in [0.2, 0.25) is 0 Å². The third-order valence-corrected chi connectivity index (χ3v) is 6.56. The molecule has 1 fully saturated rings. The van der Waals surface area contributed by atoms with Gasteiger partial charge in [0.1, 0.15) is 17.5 Å². The summed E-state index contributed by atoms with van der Waals surface area (Å²) >= 11 is 0. The molecule has 1 aromatic carbocycles. The number of rotatable bonds is 6. The SMILES string of the molecule is CNc1nc([C@@H]2CCCN(C(=O)CCN(C)c3cccc(F)c3)C2)nc2c1CCN(C)C2.